The lowest BCUT2D eigenvalue weighted by Gasteiger charge is -2.27. The predicted octanol–water partition coefficient (Wildman–Crippen LogP) is 1.50. The number of amides is 1. The average Bonchev–Trinajstić information content (AvgIpc) is 3.26. The van der Waals surface area contributed by atoms with Crippen molar-refractivity contribution in [2.75, 3.05) is 32.9 Å². The molecule has 3 rings (SSSR count). The summed E-state index contributed by atoms with van der Waals surface area (Å²) >= 11 is 0. The van der Waals surface area contributed by atoms with Crippen molar-refractivity contribution in [1.82, 2.24) is 14.9 Å². The molecule has 1 aromatic carbocycles. The van der Waals surface area contributed by atoms with Gasteiger partial charge < -0.3 is 19.4 Å². The highest BCUT2D eigenvalue weighted by molar-refractivity contribution is 6.21. The van der Waals surface area contributed by atoms with Crippen LogP contribution in [-0.2, 0) is 14.3 Å². The van der Waals surface area contributed by atoms with Crippen LogP contribution in [0.5, 0.6) is 5.75 Å². The van der Waals surface area contributed by atoms with Gasteiger partial charge >= 0.3 is 0 Å². The molecule has 2 aromatic rings. The van der Waals surface area contributed by atoms with Crippen LogP contribution in [0.2, 0.25) is 0 Å². The van der Waals surface area contributed by atoms with E-state index >= 15 is 0 Å². The van der Waals surface area contributed by atoms with Gasteiger partial charge in [0, 0.05) is 25.5 Å². The third-order valence-electron chi connectivity index (χ3n) is 4.23. The normalized spacial score (nSPS) is 14.6. The number of nitrogens with zero attached hydrogens (tertiary/aromatic N) is 2. The third kappa shape index (κ3) is 4.92. The van der Waals surface area contributed by atoms with Gasteiger partial charge in [-0.15, -0.1) is 0 Å². The fourth-order valence-corrected chi connectivity index (χ4v) is 2.71. The van der Waals surface area contributed by atoms with Crippen LogP contribution in [0.25, 0.3) is 6.08 Å². The first-order valence-electron chi connectivity index (χ1n) is 8.89. The highest BCUT2D eigenvalue weighted by Gasteiger charge is 2.23. The minimum atomic E-state index is -0.292. The number of aromatic amines is 1. The lowest BCUT2D eigenvalue weighted by Crippen LogP contribution is -2.42. The molecule has 1 aromatic heterocycles. The van der Waals surface area contributed by atoms with Crippen molar-refractivity contribution in [3.05, 3.63) is 53.6 Å². The van der Waals surface area contributed by atoms with Crippen LogP contribution in [0.1, 0.15) is 23.1 Å². The molecule has 0 atom stereocenters. The maximum absolute atomic E-state index is 12.6. The molecule has 146 valence electrons. The van der Waals surface area contributed by atoms with Crippen molar-refractivity contribution in [2.45, 2.75) is 6.92 Å². The second-order valence-electron chi connectivity index (χ2n) is 6.24. The van der Waals surface area contributed by atoms with Crippen molar-refractivity contribution in [1.29, 1.82) is 0 Å². The van der Waals surface area contributed by atoms with Gasteiger partial charge in [0.05, 0.1) is 18.8 Å². The summed E-state index contributed by atoms with van der Waals surface area (Å²) in [4.78, 5) is 44.7. The Hall–Kier alpha value is -3.26. The summed E-state index contributed by atoms with van der Waals surface area (Å²) in [6.07, 6.45) is 4.64. The van der Waals surface area contributed by atoms with Crippen molar-refractivity contribution in [3.8, 4) is 5.75 Å². The number of carbonyl (C=O) groups excluding carboxylic acids is 3. The Morgan fingerprint density at radius 1 is 1.21 bits per heavy atom. The molecule has 1 fully saturated rings. The molecule has 28 heavy (non-hydrogen) atoms. The minimum Gasteiger partial charge on any atom is -0.485 e. The Bertz CT molecular complexity index is 866. The molecule has 1 saturated heterocycles. The van der Waals surface area contributed by atoms with Crippen molar-refractivity contribution < 1.29 is 23.9 Å². The molecule has 0 bridgehead atoms. The molecule has 0 aliphatic carbocycles. The van der Waals surface area contributed by atoms with Crippen LogP contribution in [0.4, 0.5) is 0 Å². The first-order valence-corrected chi connectivity index (χ1v) is 8.89. The standard InChI is InChI=1S/C20H21N3O5/c1-14(24)17(20(26)23-8-10-27-11-9-23)12-15-2-4-16(5-3-15)28-13-18(25)19-21-6-7-22-19/h2-7,12H,8-11,13H2,1H3,(H,21,22). The summed E-state index contributed by atoms with van der Waals surface area (Å²) in [5, 5.41) is 0. The summed E-state index contributed by atoms with van der Waals surface area (Å²) < 4.78 is 10.7. The number of aromatic nitrogens is 2. The highest BCUT2D eigenvalue weighted by Crippen LogP contribution is 2.17. The topological polar surface area (TPSA) is 102 Å². The van der Waals surface area contributed by atoms with Gasteiger partial charge in [-0.05, 0) is 30.7 Å². The molecule has 0 unspecified atom stereocenters. The van der Waals surface area contributed by atoms with Gasteiger partial charge in [-0.1, -0.05) is 12.1 Å². The second kappa shape index (κ2) is 9.09. The monoisotopic (exact) mass is 383 g/mol. The van der Waals surface area contributed by atoms with Crippen molar-refractivity contribution >= 4 is 23.5 Å². The molecule has 2 heterocycles. The smallest absolute Gasteiger partial charge is 0.257 e. The van der Waals surface area contributed by atoms with Crippen molar-refractivity contribution in [2.24, 2.45) is 0 Å². The molecule has 8 heteroatoms. The molecule has 1 aliphatic rings. The number of nitrogens with one attached hydrogen (secondary N) is 1. The second-order valence-corrected chi connectivity index (χ2v) is 6.24. The van der Waals surface area contributed by atoms with Gasteiger partial charge in [0.25, 0.3) is 5.91 Å². The van der Waals surface area contributed by atoms with E-state index in [9.17, 15) is 14.4 Å². The highest BCUT2D eigenvalue weighted by atomic mass is 16.5. The van der Waals surface area contributed by atoms with E-state index in [0.29, 0.717) is 37.6 Å². The molecule has 1 amide bonds. The van der Waals surface area contributed by atoms with E-state index in [1.165, 1.54) is 13.1 Å². The minimum absolute atomic E-state index is 0.128. The van der Waals surface area contributed by atoms with Crippen LogP contribution < -0.4 is 4.74 Å². The molecule has 0 radical (unpaired) electrons. The zero-order valence-electron chi connectivity index (χ0n) is 15.5. The number of hydrogen-bond acceptors (Lipinski definition) is 6. The van der Waals surface area contributed by atoms with Crippen LogP contribution >= 0.6 is 0 Å². The molecular weight excluding hydrogens is 362 g/mol. The SMILES string of the molecule is CC(=O)C(=Cc1ccc(OCC(=O)c2ncc[nH]2)cc1)C(=O)N1CCOCC1. The summed E-state index contributed by atoms with van der Waals surface area (Å²) in [7, 11) is 0. The van der Waals surface area contributed by atoms with Gasteiger partial charge in [0.2, 0.25) is 5.78 Å². The number of morpholine rings is 1. The van der Waals surface area contributed by atoms with Crippen LogP contribution in [0.3, 0.4) is 0 Å². The number of rotatable bonds is 7. The first-order chi connectivity index (χ1) is 13.5. The van der Waals surface area contributed by atoms with Gasteiger partial charge in [-0.2, -0.15) is 0 Å². The maximum Gasteiger partial charge on any atom is 0.257 e. The number of H-pyrrole nitrogens is 1. The zero-order chi connectivity index (χ0) is 19.9. The molecule has 1 aliphatic heterocycles. The van der Waals surface area contributed by atoms with E-state index in [2.05, 4.69) is 9.97 Å². The van der Waals surface area contributed by atoms with E-state index in [0.717, 1.165) is 0 Å². The van der Waals surface area contributed by atoms with Gasteiger partial charge in [-0.3, -0.25) is 14.4 Å². The lowest BCUT2D eigenvalue weighted by atomic mass is 10.1. The largest absolute Gasteiger partial charge is 0.485 e. The van der Waals surface area contributed by atoms with E-state index in [4.69, 9.17) is 9.47 Å². The number of imidazole rings is 1. The van der Waals surface area contributed by atoms with Gasteiger partial charge in [-0.25, -0.2) is 4.98 Å². The predicted molar refractivity (Wildman–Crippen MR) is 101 cm³/mol. The molecule has 8 nitrogen and oxygen atoms in total. The van der Waals surface area contributed by atoms with E-state index in [1.54, 1.807) is 41.4 Å². The Kier molecular flexibility index (Phi) is 6.33. The Balaban J connectivity index is 1.65. The van der Waals surface area contributed by atoms with Crippen LogP contribution in [0.15, 0.2) is 42.2 Å². The number of carbonyl (C=O) groups is 3. The summed E-state index contributed by atoms with van der Waals surface area (Å²) in [5.41, 5.74) is 0.820. The Labute approximate surface area is 162 Å². The van der Waals surface area contributed by atoms with Gasteiger partial charge in [0.15, 0.2) is 18.2 Å². The number of hydrogen-bond donors (Lipinski definition) is 1. The van der Waals surface area contributed by atoms with Crippen LogP contribution in [-0.4, -0.2) is 65.3 Å². The molecule has 0 spiro atoms. The fourth-order valence-electron chi connectivity index (χ4n) is 2.71. The van der Waals surface area contributed by atoms with E-state index in [1.807, 2.05) is 0 Å². The summed E-state index contributed by atoms with van der Waals surface area (Å²) in [5.74, 6) is -0.0989. The summed E-state index contributed by atoms with van der Waals surface area (Å²) in [6, 6.07) is 6.81. The van der Waals surface area contributed by atoms with E-state index < -0.39 is 0 Å². The molecule has 1 N–H and O–H groups in total. The van der Waals surface area contributed by atoms with E-state index in [-0.39, 0.29) is 35.5 Å². The number of ketones is 2. The lowest BCUT2D eigenvalue weighted by molar-refractivity contribution is -0.132. The van der Waals surface area contributed by atoms with Gasteiger partial charge in [0.1, 0.15) is 5.75 Å². The fraction of sp³-hybridized carbons (Fsp3) is 0.300. The Morgan fingerprint density at radius 3 is 2.54 bits per heavy atom. The summed E-state index contributed by atoms with van der Waals surface area (Å²) in [6.45, 7) is 3.12. The molecule has 0 saturated carbocycles. The first kappa shape index (κ1) is 19.5. The number of benzene rings is 1. The average molecular weight is 383 g/mol. The Morgan fingerprint density at radius 2 is 1.93 bits per heavy atom. The third-order valence-corrected chi connectivity index (χ3v) is 4.23. The number of ether oxygens (including phenoxy) is 2. The zero-order valence-corrected chi connectivity index (χ0v) is 15.5. The maximum atomic E-state index is 12.6. The quantitative estimate of drug-likeness (QED) is 0.337. The van der Waals surface area contributed by atoms with Crippen LogP contribution in [0, 0.1) is 0 Å². The van der Waals surface area contributed by atoms with Crippen molar-refractivity contribution in [3.63, 3.8) is 0 Å². The number of Topliss-reactive ketones (excluding diaryl/α,β-unsaturated/α-hetero) is 2. The molecular formula is C20H21N3O5.